The standard InChI is InChI=1S/C14H16F4N2O/c15-11-7-10(4-5-12(11)19)20-13(21)8-2-1-3-9(6-8)14(16,17)18/h4-5,7-9H,1-3,6,19H2,(H,20,21). The number of alkyl halides is 3. The van der Waals surface area contributed by atoms with Gasteiger partial charge in [0.2, 0.25) is 5.91 Å². The molecule has 1 fully saturated rings. The predicted molar refractivity (Wildman–Crippen MR) is 70.9 cm³/mol. The van der Waals surface area contributed by atoms with Crippen molar-refractivity contribution in [1.82, 2.24) is 0 Å². The molecule has 1 saturated carbocycles. The third-order valence-corrected chi connectivity index (χ3v) is 3.78. The molecule has 0 saturated heterocycles. The highest BCUT2D eigenvalue weighted by Crippen LogP contribution is 2.40. The van der Waals surface area contributed by atoms with Crippen molar-refractivity contribution in [3.63, 3.8) is 0 Å². The molecule has 1 amide bonds. The molecule has 1 aliphatic rings. The molecular weight excluding hydrogens is 288 g/mol. The van der Waals surface area contributed by atoms with Crippen LogP contribution in [0.4, 0.5) is 28.9 Å². The molecule has 2 unspecified atom stereocenters. The molecule has 1 aromatic carbocycles. The number of hydrogen-bond acceptors (Lipinski definition) is 2. The Morgan fingerprint density at radius 2 is 2.00 bits per heavy atom. The molecule has 0 bridgehead atoms. The molecule has 0 aliphatic heterocycles. The molecule has 2 atom stereocenters. The number of carbonyl (C=O) groups is 1. The third kappa shape index (κ3) is 3.86. The second-order valence-corrected chi connectivity index (χ2v) is 5.33. The normalized spacial score (nSPS) is 22.9. The third-order valence-electron chi connectivity index (χ3n) is 3.78. The summed E-state index contributed by atoms with van der Waals surface area (Å²) in [6.45, 7) is 0. The van der Waals surface area contributed by atoms with E-state index in [1.165, 1.54) is 12.1 Å². The van der Waals surface area contributed by atoms with Crippen molar-refractivity contribution in [2.24, 2.45) is 11.8 Å². The van der Waals surface area contributed by atoms with Gasteiger partial charge in [0, 0.05) is 11.6 Å². The van der Waals surface area contributed by atoms with Crippen molar-refractivity contribution in [2.45, 2.75) is 31.9 Å². The second-order valence-electron chi connectivity index (χ2n) is 5.33. The van der Waals surface area contributed by atoms with Gasteiger partial charge in [-0.2, -0.15) is 13.2 Å². The van der Waals surface area contributed by atoms with Crippen molar-refractivity contribution in [1.29, 1.82) is 0 Å². The SMILES string of the molecule is Nc1ccc(NC(=O)C2CCCC(C(F)(F)F)C2)cc1F. The van der Waals surface area contributed by atoms with Gasteiger partial charge in [-0.25, -0.2) is 4.39 Å². The lowest BCUT2D eigenvalue weighted by atomic mass is 9.80. The average Bonchev–Trinajstić information content (AvgIpc) is 2.42. The Bertz CT molecular complexity index is 530. The monoisotopic (exact) mass is 304 g/mol. The van der Waals surface area contributed by atoms with E-state index in [-0.39, 0.29) is 24.2 Å². The number of nitrogen functional groups attached to an aromatic ring is 1. The summed E-state index contributed by atoms with van der Waals surface area (Å²) in [4.78, 5) is 12.0. The van der Waals surface area contributed by atoms with Crippen molar-refractivity contribution >= 4 is 17.3 Å². The van der Waals surface area contributed by atoms with Crippen LogP contribution in [0.5, 0.6) is 0 Å². The maximum absolute atomic E-state index is 13.3. The summed E-state index contributed by atoms with van der Waals surface area (Å²) in [5.74, 6) is -3.33. The maximum atomic E-state index is 13.3. The molecule has 7 heteroatoms. The van der Waals surface area contributed by atoms with Crippen LogP contribution in [-0.2, 0) is 4.79 Å². The minimum Gasteiger partial charge on any atom is -0.396 e. The lowest BCUT2D eigenvalue weighted by molar-refractivity contribution is -0.185. The highest BCUT2D eigenvalue weighted by Gasteiger charge is 2.43. The predicted octanol–water partition coefficient (Wildman–Crippen LogP) is 3.72. The van der Waals surface area contributed by atoms with E-state index in [1.807, 2.05) is 0 Å². The van der Waals surface area contributed by atoms with Gasteiger partial charge in [-0.15, -0.1) is 0 Å². The van der Waals surface area contributed by atoms with E-state index < -0.39 is 29.7 Å². The Kier molecular flexibility index (Phi) is 4.39. The largest absolute Gasteiger partial charge is 0.396 e. The van der Waals surface area contributed by atoms with Crippen molar-refractivity contribution in [3.05, 3.63) is 24.0 Å². The number of nitrogens with one attached hydrogen (secondary N) is 1. The molecule has 0 aromatic heterocycles. The maximum Gasteiger partial charge on any atom is 0.391 e. The molecule has 0 radical (unpaired) electrons. The Balaban J connectivity index is 2.01. The summed E-state index contributed by atoms with van der Waals surface area (Å²) >= 11 is 0. The zero-order valence-corrected chi connectivity index (χ0v) is 11.2. The number of amides is 1. The smallest absolute Gasteiger partial charge is 0.391 e. The zero-order valence-electron chi connectivity index (χ0n) is 11.2. The first-order valence-corrected chi connectivity index (χ1v) is 6.70. The number of rotatable bonds is 2. The van der Waals surface area contributed by atoms with Gasteiger partial charge in [0.15, 0.2) is 0 Å². The van der Waals surface area contributed by atoms with Gasteiger partial charge in [0.25, 0.3) is 0 Å². The summed E-state index contributed by atoms with van der Waals surface area (Å²) in [5, 5.41) is 2.45. The molecule has 2 rings (SSSR count). The van der Waals surface area contributed by atoms with Crippen LogP contribution < -0.4 is 11.1 Å². The molecule has 0 spiro atoms. The first-order valence-electron chi connectivity index (χ1n) is 6.70. The Morgan fingerprint density at radius 3 is 2.62 bits per heavy atom. The van der Waals surface area contributed by atoms with Gasteiger partial charge in [-0.1, -0.05) is 6.42 Å². The first kappa shape index (κ1) is 15.6. The van der Waals surface area contributed by atoms with Crippen molar-refractivity contribution in [3.8, 4) is 0 Å². The lowest BCUT2D eigenvalue weighted by Crippen LogP contribution is -2.34. The van der Waals surface area contributed by atoms with Crippen molar-refractivity contribution in [2.75, 3.05) is 11.1 Å². The van der Waals surface area contributed by atoms with Gasteiger partial charge in [0.05, 0.1) is 11.6 Å². The van der Waals surface area contributed by atoms with E-state index in [0.717, 1.165) is 6.07 Å². The minimum absolute atomic E-state index is 0.0530. The zero-order chi connectivity index (χ0) is 15.6. The Hall–Kier alpha value is -1.79. The Labute approximate surface area is 119 Å². The summed E-state index contributed by atoms with van der Waals surface area (Å²) in [6.07, 6.45) is -3.66. The molecule has 0 heterocycles. The Morgan fingerprint density at radius 1 is 1.29 bits per heavy atom. The van der Waals surface area contributed by atoms with Crippen LogP contribution in [0.2, 0.25) is 0 Å². The van der Waals surface area contributed by atoms with Crippen LogP contribution in [0.1, 0.15) is 25.7 Å². The number of hydrogen-bond donors (Lipinski definition) is 2. The quantitative estimate of drug-likeness (QED) is 0.646. The summed E-state index contributed by atoms with van der Waals surface area (Å²) in [6, 6.07) is 3.77. The van der Waals surface area contributed by atoms with E-state index in [2.05, 4.69) is 5.32 Å². The number of carbonyl (C=O) groups excluding carboxylic acids is 1. The van der Waals surface area contributed by atoms with Gasteiger partial charge in [-0.3, -0.25) is 4.79 Å². The highest BCUT2D eigenvalue weighted by molar-refractivity contribution is 5.92. The van der Waals surface area contributed by atoms with Crippen LogP contribution in [-0.4, -0.2) is 12.1 Å². The van der Waals surface area contributed by atoms with Crippen LogP contribution in [0, 0.1) is 17.7 Å². The van der Waals surface area contributed by atoms with Crippen LogP contribution in [0.25, 0.3) is 0 Å². The molecule has 3 N–H and O–H groups in total. The van der Waals surface area contributed by atoms with Gasteiger partial charge >= 0.3 is 6.18 Å². The van der Waals surface area contributed by atoms with E-state index in [0.29, 0.717) is 12.8 Å². The van der Waals surface area contributed by atoms with Gasteiger partial charge in [0.1, 0.15) is 5.82 Å². The van der Waals surface area contributed by atoms with Crippen molar-refractivity contribution < 1.29 is 22.4 Å². The molecular formula is C14H16F4N2O. The van der Waals surface area contributed by atoms with E-state index in [4.69, 9.17) is 5.73 Å². The lowest BCUT2D eigenvalue weighted by Gasteiger charge is -2.29. The topological polar surface area (TPSA) is 55.1 Å². The van der Waals surface area contributed by atoms with Crippen LogP contribution >= 0.6 is 0 Å². The molecule has 21 heavy (non-hydrogen) atoms. The molecule has 116 valence electrons. The highest BCUT2D eigenvalue weighted by atomic mass is 19.4. The fourth-order valence-electron chi connectivity index (χ4n) is 2.57. The van der Waals surface area contributed by atoms with Crippen LogP contribution in [0.15, 0.2) is 18.2 Å². The molecule has 1 aliphatic carbocycles. The summed E-state index contributed by atoms with van der Waals surface area (Å²) < 4.78 is 51.4. The molecule has 3 nitrogen and oxygen atoms in total. The van der Waals surface area contributed by atoms with E-state index >= 15 is 0 Å². The molecule has 1 aromatic rings. The van der Waals surface area contributed by atoms with E-state index in [1.54, 1.807) is 0 Å². The van der Waals surface area contributed by atoms with Gasteiger partial charge < -0.3 is 11.1 Å². The van der Waals surface area contributed by atoms with E-state index in [9.17, 15) is 22.4 Å². The van der Waals surface area contributed by atoms with Crippen LogP contribution in [0.3, 0.4) is 0 Å². The minimum atomic E-state index is -4.27. The summed E-state index contributed by atoms with van der Waals surface area (Å²) in [7, 11) is 0. The fourth-order valence-corrected chi connectivity index (χ4v) is 2.57. The fraction of sp³-hybridized carbons (Fsp3) is 0.500. The summed E-state index contributed by atoms with van der Waals surface area (Å²) in [5.41, 5.74) is 5.46. The number of halogens is 4. The number of anilines is 2. The first-order chi connectivity index (χ1) is 9.77. The van der Waals surface area contributed by atoms with Gasteiger partial charge in [-0.05, 0) is 37.5 Å². The average molecular weight is 304 g/mol. The second kappa shape index (κ2) is 5.91. The number of nitrogens with two attached hydrogens (primary N) is 1. The number of benzene rings is 1.